The van der Waals surface area contributed by atoms with Gasteiger partial charge in [-0.05, 0) is 25.5 Å². The molecule has 1 atom stereocenters. The lowest BCUT2D eigenvalue weighted by atomic mass is 9.83. The van der Waals surface area contributed by atoms with Gasteiger partial charge < -0.3 is 14.5 Å². The molecule has 0 saturated heterocycles. The zero-order chi connectivity index (χ0) is 21.4. The van der Waals surface area contributed by atoms with Gasteiger partial charge in [0.1, 0.15) is 12.4 Å². The molecule has 156 valence electrons. The highest BCUT2D eigenvalue weighted by atomic mass is 16.6. The summed E-state index contributed by atoms with van der Waals surface area (Å²) in [6, 6.07) is 8.53. The van der Waals surface area contributed by atoms with Crippen LogP contribution in [0.1, 0.15) is 49.9 Å². The Morgan fingerprint density at radius 3 is 2.41 bits per heavy atom. The van der Waals surface area contributed by atoms with E-state index in [2.05, 4.69) is 5.16 Å². The van der Waals surface area contributed by atoms with E-state index >= 15 is 0 Å². The Morgan fingerprint density at radius 2 is 1.83 bits per heavy atom. The lowest BCUT2D eigenvalue weighted by Crippen LogP contribution is -2.36. The van der Waals surface area contributed by atoms with Gasteiger partial charge in [0.05, 0.1) is 22.8 Å². The highest BCUT2D eigenvalue weighted by molar-refractivity contribution is 6.23. The van der Waals surface area contributed by atoms with Crippen LogP contribution in [-0.2, 0) is 19.2 Å². The predicted molar refractivity (Wildman–Crippen MR) is 109 cm³/mol. The fourth-order valence-corrected chi connectivity index (χ4v) is 3.17. The fraction of sp³-hybridized carbons (Fsp3) is 0.455. The third-order valence-corrected chi connectivity index (χ3v) is 4.52. The van der Waals surface area contributed by atoms with Crippen molar-refractivity contribution in [1.82, 2.24) is 4.90 Å². The van der Waals surface area contributed by atoms with Crippen molar-refractivity contribution in [3.05, 3.63) is 47.2 Å². The molecule has 7 nitrogen and oxygen atoms in total. The first-order valence-electron chi connectivity index (χ1n) is 9.82. The maximum absolute atomic E-state index is 13.0. The third kappa shape index (κ3) is 5.76. The molecule has 0 heterocycles. The van der Waals surface area contributed by atoms with Crippen LogP contribution in [0.3, 0.4) is 0 Å². The minimum absolute atomic E-state index is 0.0492. The van der Waals surface area contributed by atoms with Crippen molar-refractivity contribution in [1.29, 1.82) is 0 Å². The van der Waals surface area contributed by atoms with Gasteiger partial charge in [0.15, 0.2) is 5.78 Å². The number of amides is 1. The molecule has 7 heteroatoms. The van der Waals surface area contributed by atoms with E-state index in [1.54, 1.807) is 51.4 Å². The van der Waals surface area contributed by atoms with Crippen molar-refractivity contribution in [2.24, 2.45) is 11.1 Å². The van der Waals surface area contributed by atoms with Gasteiger partial charge >= 0.3 is 5.97 Å². The average Bonchev–Trinajstić information content (AvgIpc) is 2.71. The molecule has 29 heavy (non-hydrogen) atoms. The van der Waals surface area contributed by atoms with E-state index in [1.807, 2.05) is 6.92 Å². The third-order valence-electron chi connectivity index (χ3n) is 4.52. The van der Waals surface area contributed by atoms with Crippen LogP contribution in [0.25, 0.3) is 0 Å². The van der Waals surface area contributed by atoms with Crippen molar-refractivity contribution in [2.45, 2.75) is 39.5 Å². The van der Waals surface area contributed by atoms with Gasteiger partial charge in [-0.15, -0.1) is 0 Å². The van der Waals surface area contributed by atoms with E-state index in [-0.39, 0.29) is 35.9 Å². The Kier molecular flexibility index (Phi) is 8.12. The predicted octanol–water partition coefficient (Wildman–Crippen LogP) is 3.36. The number of allylic oxidation sites excluding steroid dienone is 2. The average molecular weight is 400 g/mol. The summed E-state index contributed by atoms with van der Waals surface area (Å²) in [7, 11) is 3.28. The summed E-state index contributed by atoms with van der Waals surface area (Å²) in [5.74, 6) is -1.41. The van der Waals surface area contributed by atoms with Crippen LogP contribution in [0.15, 0.2) is 46.8 Å². The van der Waals surface area contributed by atoms with Crippen LogP contribution >= 0.6 is 0 Å². The van der Waals surface area contributed by atoms with Crippen molar-refractivity contribution < 1.29 is 24.0 Å². The van der Waals surface area contributed by atoms with E-state index in [0.717, 1.165) is 6.42 Å². The number of Topliss-reactive ketones (excluding diaryl/α,β-unsaturated/α-hetero) is 1. The first-order chi connectivity index (χ1) is 13.9. The zero-order valence-electron chi connectivity index (χ0n) is 17.4. The van der Waals surface area contributed by atoms with Gasteiger partial charge in [0.25, 0.3) is 0 Å². The molecular weight excluding hydrogens is 372 g/mol. The number of carbonyl (C=O) groups is 3. The second kappa shape index (κ2) is 10.5. The number of hydrogen-bond acceptors (Lipinski definition) is 6. The summed E-state index contributed by atoms with van der Waals surface area (Å²) in [4.78, 5) is 44.7. The number of ketones is 1. The molecule has 0 aromatic heterocycles. The largest absolute Gasteiger partial charge is 0.427 e. The van der Waals surface area contributed by atoms with E-state index in [9.17, 15) is 14.4 Å². The van der Waals surface area contributed by atoms with Crippen LogP contribution in [0.2, 0.25) is 0 Å². The molecule has 1 aromatic carbocycles. The smallest absolute Gasteiger partial charge is 0.343 e. The van der Waals surface area contributed by atoms with Crippen molar-refractivity contribution in [2.75, 3.05) is 20.7 Å². The fourth-order valence-electron chi connectivity index (χ4n) is 3.17. The van der Waals surface area contributed by atoms with Crippen molar-refractivity contribution in [3.63, 3.8) is 0 Å². The summed E-state index contributed by atoms with van der Waals surface area (Å²) in [5.41, 5.74) is 1.07. The number of rotatable bonds is 8. The minimum atomic E-state index is -0.574. The summed E-state index contributed by atoms with van der Waals surface area (Å²) in [6.07, 6.45) is 1.45. The van der Waals surface area contributed by atoms with Crippen LogP contribution in [0, 0.1) is 5.92 Å². The van der Waals surface area contributed by atoms with Crippen LogP contribution in [-0.4, -0.2) is 49.0 Å². The summed E-state index contributed by atoms with van der Waals surface area (Å²) in [5, 5.41) is 4.09. The van der Waals surface area contributed by atoms with Gasteiger partial charge in [-0.25, -0.2) is 4.79 Å². The highest BCUT2D eigenvalue weighted by Gasteiger charge is 2.36. The van der Waals surface area contributed by atoms with Gasteiger partial charge in [-0.3, -0.25) is 9.59 Å². The first-order valence-corrected chi connectivity index (χ1v) is 9.82. The quantitative estimate of drug-likeness (QED) is 0.379. The lowest BCUT2D eigenvalue weighted by Gasteiger charge is -2.27. The first kappa shape index (κ1) is 22.3. The highest BCUT2D eigenvalue weighted by Crippen LogP contribution is 2.31. The standard InChI is InChI=1S/C22H28N2O5/c1-5-10-17(23-28-6-2)20-18(25)13-16(21(26)24(3)4)14-19(20)29-22(27)15-11-8-7-9-12-15/h7-9,11-12,16H,5-6,10,13-14H2,1-4H3. The Balaban J connectivity index is 2.46. The van der Waals surface area contributed by atoms with Crippen LogP contribution in [0.5, 0.6) is 0 Å². The molecular formula is C22H28N2O5. The monoisotopic (exact) mass is 400 g/mol. The van der Waals surface area contributed by atoms with Crippen LogP contribution in [0.4, 0.5) is 0 Å². The molecule has 1 amide bonds. The molecule has 1 aliphatic carbocycles. The number of esters is 1. The maximum Gasteiger partial charge on any atom is 0.343 e. The number of benzene rings is 1. The molecule has 0 aliphatic heterocycles. The molecule has 1 aromatic rings. The number of oxime groups is 1. The van der Waals surface area contributed by atoms with E-state index in [0.29, 0.717) is 24.3 Å². The van der Waals surface area contributed by atoms with Gasteiger partial charge in [-0.2, -0.15) is 0 Å². The lowest BCUT2D eigenvalue weighted by molar-refractivity contribution is -0.135. The molecule has 0 fully saturated rings. The summed E-state index contributed by atoms with van der Waals surface area (Å²) >= 11 is 0. The molecule has 0 radical (unpaired) electrons. The molecule has 0 N–H and O–H groups in total. The number of hydrogen-bond donors (Lipinski definition) is 0. The van der Waals surface area contributed by atoms with Crippen molar-refractivity contribution in [3.8, 4) is 0 Å². The molecule has 0 saturated carbocycles. The molecule has 1 unspecified atom stereocenters. The normalized spacial score (nSPS) is 17.2. The Labute approximate surface area is 171 Å². The van der Waals surface area contributed by atoms with E-state index < -0.39 is 11.9 Å². The maximum atomic E-state index is 13.0. The Hall–Kier alpha value is -2.96. The van der Waals surface area contributed by atoms with Crippen LogP contribution < -0.4 is 0 Å². The molecule has 0 spiro atoms. The van der Waals surface area contributed by atoms with Gasteiger partial charge in [-0.1, -0.05) is 36.7 Å². The van der Waals surface area contributed by atoms with Gasteiger partial charge in [0.2, 0.25) is 5.91 Å². The molecule has 1 aliphatic rings. The minimum Gasteiger partial charge on any atom is -0.427 e. The number of ether oxygens (including phenoxy) is 1. The molecule has 0 bridgehead atoms. The topological polar surface area (TPSA) is 85.3 Å². The molecule has 2 rings (SSSR count). The summed E-state index contributed by atoms with van der Waals surface area (Å²) < 4.78 is 5.64. The second-order valence-corrected chi connectivity index (χ2v) is 7.02. The Bertz CT molecular complexity index is 812. The van der Waals surface area contributed by atoms with E-state index in [1.165, 1.54) is 4.90 Å². The Morgan fingerprint density at radius 1 is 1.14 bits per heavy atom. The van der Waals surface area contributed by atoms with Gasteiger partial charge in [0, 0.05) is 26.9 Å². The second-order valence-electron chi connectivity index (χ2n) is 7.02. The number of carbonyl (C=O) groups excluding carboxylic acids is 3. The summed E-state index contributed by atoms with van der Waals surface area (Å²) in [6.45, 7) is 4.12. The van der Waals surface area contributed by atoms with E-state index in [4.69, 9.17) is 9.57 Å². The SMILES string of the molecule is CCCC(=NOCC)C1=C(OC(=O)c2ccccc2)CC(C(=O)N(C)C)CC1=O. The zero-order valence-corrected chi connectivity index (χ0v) is 17.4. The van der Waals surface area contributed by atoms with Crippen molar-refractivity contribution >= 4 is 23.4 Å². The number of nitrogens with zero attached hydrogens (tertiary/aromatic N) is 2.